The summed E-state index contributed by atoms with van der Waals surface area (Å²) in [4.78, 5) is 12.8. The fourth-order valence-corrected chi connectivity index (χ4v) is 3.10. The number of carbonyl (C=O) groups excluding carboxylic acids is 1. The van der Waals surface area contributed by atoms with Gasteiger partial charge in [-0.1, -0.05) is 60.7 Å². The van der Waals surface area contributed by atoms with Gasteiger partial charge in [0.15, 0.2) is 0 Å². The molecule has 0 saturated carbocycles. The van der Waals surface area contributed by atoms with Crippen LogP contribution < -0.4 is 10.1 Å². The number of amides is 1. The first kappa shape index (κ1) is 18.6. The zero-order valence-electron chi connectivity index (χ0n) is 15.9. The van der Waals surface area contributed by atoms with Crippen molar-refractivity contribution >= 4 is 28.3 Å². The van der Waals surface area contributed by atoms with Gasteiger partial charge < -0.3 is 14.5 Å². The van der Waals surface area contributed by atoms with E-state index in [1.807, 2.05) is 66.7 Å². The summed E-state index contributed by atoms with van der Waals surface area (Å²) in [5.74, 6) is 1.24. The highest BCUT2D eigenvalue weighted by molar-refractivity contribution is 6.24. The number of ether oxygens (including phenoxy) is 1. The maximum atomic E-state index is 12.8. The Kier molecular flexibility index (Phi) is 5.72. The molecule has 0 aliphatic heterocycles. The number of hydrogen-bond donors (Lipinski definition) is 1. The zero-order chi connectivity index (χ0) is 19.9. The van der Waals surface area contributed by atoms with Crippen LogP contribution in [-0.4, -0.2) is 19.1 Å². The van der Waals surface area contributed by atoms with Crippen molar-refractivity contribution in [2.24, 2.45) is 0 Å². The summed E-state index contributed by atoms with van der Waals surface area (Å²) in [6.07, 6.45) is 3.33. The van der Waals surface area contributed by atoms with Crippen LogP contribution in [0.4, 0.5) is 0 Å². The molecule has 1 amide bonds. The van der Waals surface area contributed by atoms with Crippen LogP contribution in [0.5, 0.6) is 5.75 Å². The van der Waals surface area contributed by atoms with Crippen LogP contribution in [0.3, 0.4) is 0 Å². The largest absolute Gasteiger partial charge is 0.492 e. The third-order valence-electron chi connectivity index (χ3n) is 4.54. The minimum absolute atomic E-state index is 0.172. The molecule has 0 radical (unpaired) electrons. The number of furan rings is 1. The summed E-state index contributed by atoms with van der Waals surface area (Å²) in [6.45, 7) is 0.779. The van der Waals surface area contributed by atoms with Gasteiger partial charge in [0.05, 0.1) is 18.4 Å². The standard InChI is InChI=1S/C25H21NO3/c27-25(24(18-22-11-6-15-28-22)20-8-2-1-3-9-20)26-14-16-29-23-13-12-19-7-4-5-10-21(19)17-23/h1-13,15,17-18H,14,16H2,(H,26,27)/b24-18+. The van der Waals surface area contributed by atoms with Crippen molar-refractivity contribution in [2.45, 2.75) is 0 Å². The highest BCUT2D eigenvalue weighted by Crippen LogP contribution is 2.21. The molecule has 4 aromatic rings. The maximum absolute atomic E-state index is 12.8. The van der Waals surface area contributed by atoms with Crippen molar-refractivity contribution in [3.8, 4) is 5.75 Å². The van der Waals surface area contributed by atoms with Crippen molar-refractivity contribution in [1.82, 2.24) is 5.32 Å². The number of nitrogens with one attached hydrogen (secondary N) is 1. The van der Waals surface area contributed by atoms with Gasteiger partial charge in [0.2, 0.25) is 0 Å². The molecule has 0 aliphatic carbocycles. The van der Waals surface area contributed by atoms with Gasteiger partial charge in [-0.15, -0.1) is 0 Å². The van der Waals surface area contributed by atoms with Crippen molar-refractivity contribution < 1.29 is 13.9 Å². The Morgan fingerprint density at radius 1 is 0.897 bits per heavy atom. The topological polar surface area (TPSA) is 51.5 Å². The van der Waals surface area contributed by atoms with E-state index >= 15 is 0 Å². The molecule has 4 nitrogen and oxygen atoms in total. The lowest BCUT2D eigenvalue weighted by atomic mass is 10.0. The fourth-order valence-electron chi connectivity index (χ4n) is 3.10. The Labute approximate surface area is 169 Å². The molecule has 144 valence electrons. The third kappa shape index (κ3) is 4.74. The van der Waals surface area contributed by atoms with Crippen LogP contribution in [0, 0.1) is 0 Å². The Balaban J connectivity index is 1.39. The monoisotopic (exact) mass is 383 g/mol. The summed E-state index contributed by atoms with van der Waals surface area (Å²) in [7, 11) is 0. The number of carbonyl (C=O) groups is 1. The smallest absolute Gasteiger partial charge is 0.252 e. The molecule has 29 heavy (non-hydrogen) atoms. The van der Waals surface area contributed by atoms with Gasteiger partial charge in [0.1, 0.15) is 18.1 Å². The molecule has 0 unspecified atom stereocenters. The number of fused-ring (bicyclic) bond motifs is 1. The van der Waals surface area contributed by atoms with E-state index in [1.165, 1.54) is 5.39 Å². The minimum atomic E-state index is -0.172. The number of rotatable bonds is 7. The Morgan fingerprint density at radius 2 is 1.69 bits per heavy atom. The van der Waals surface area contributed by atoms with Gasteiger partial charge >= 0.3 is 0 Å². The minimum Gasteiger partial charge on any atom is -0.492 e. The molecule has 3 aromatic carbocycles. The molecule has 0 aliphatic rings. The second-order valence-electron chi connectivity index (χ2n) is 6.55. The summed E-state index contributed by atoms with van der Waals surface area (Å²) in [5, 5.41) is 5.22. The van der Waals surface area contributed by atoms with Crippen LogP contribution in [0.15, 0.2) is 95.6 Å². The predicted octanol–water partition coefficient (Wildman–Crippen LogP) is 5.17. The molecule has 0 atom stereocenters. The second-order valence-corrected chi connectivity index (χ2v) is 6.55. The molecule has 1 N–H and O–H groups in total. The van der Waals surface area contributed by atoms with Gasteiger partial charge in [-0.3, -0.25) is 4.79 Å². The summed E-state index contributed by atoms with van der Waals surface area (Å²) < 4.78 is 11.2. The van der Waals surface area contributed by atoms with E-state index < -0.39 is 0 Å². The van der Waals surface area contributed by atoms with Gasteiger partial charge in [0, 0.05) is 0 Å². The highest BCUT2D eigenvalue weighted by atomic mass is 16.5. The van der Waals surface area contributed by atoms with Crippen molar-refractivity contribution in [2.75, 3.05) is 13.2 Å². The lowest BCUT2D eigenvalue weighted by Gasteiger charge is -2.11. The van der Waals surface area contributed by atoms with E-state index in [0.717, 1.165) is 16.7 Å². The SMILES string of the molecule is O=C(NCCOc1ccc2ccccc2c1)/C(=C/c1ccco1)c1ccccc1. The molecule has 0 bridgehead atoms. The van der Waals surface area contributed by atoms with Crippen LogP contribution in [0.1, 0.15) is 11.3 Å². The molecule has 1 aromatic heterocycles. The average Bonchev–Trinajstić information content (AvgIpc) is 3.29. The predicted molar refractivity (Wildman–Crippen MR) is 115 cm³/mol. The van der Waals surface area contributed by atoms with Crippen molar-refractivity contribution in [3.63, 3.8) is 0 Å². The molecular formula is C25H21NO3. The summed E-state index contributed by atoms with van der Waals surface area (Å²) in [5.41, 5.74) is 1.38. The van der Waals surface area contributed by atoms with Crippen LogP contribution in [-0.2, 0) is 4.79 Å². The van der Waals surface area contributed by atoms with Crippen LogP contribution in [0.25, 0.3) is 22.4 Å². The Morgan fingerprint density at radius 3 is 2.48 bits per heavy atom. The fraction of sp³-hybridized carbons (Fsp3) is 0.0800. The summed E-state index contributed by atoms with van der Waals surface area (Å²) in [6, 6.07) is 27.3. The Bertz CT molecular complexity index is 1120. The lowest BCUT2D eigenvalue weighted by molar-refractivity contribution is -0.115. The Hall–Kier alpha value is -3.79. The van der Waals surface area contributed by atoms with E-state index in [4.69, 9.17) is 9.15 Å². The van der Waals surface area contributed by atoms with Crippen LogP contribution >= 0.6 is 0 Å². The molecule has 1 heterocycles. The van der Waals surface area contributed by atoms with Crippen molar-refractivity contribution in [1.29, 1.82) is 0 Å². The second kappa shape index (κ2) is 8.93. The van der Waals surface area contributed by atoms with Crippen molar-refractivity contribution in [3.05, 3.63) is 103 Å². The quantitative estimate of drug-likeness (QED) is 0.354. The maximum Gasteiger partial charge on any atom is 0.252 e. The van der Waals surface area contributed by atoms with Gasteiger partial charge in [-0.2, -0.15) is 0 Å². The van der Waals surface area contributed by atoms with E-state index in [-0.39, 0.29) is 5.91 Å². The first-order valence-corrected chi connectivity index (χ1v) is 9.50. The molecule has 4 heteroatoms. The average molecular weight is 383 g/mol. The van der Waals surface area contributed by atoms with E-state index in [2.05, 4.69) is 17.4 Å². The lowest BCUT2D eigenvalue weighted by Crippen LogP contribution is -2.28. The van der Waals surface area contributed by atoms with Gasteiger partial charge in [-0.05, 0) is 46.7 Å². The van der Waals surface area contributed by atoms with Gasteiger partial charge in [0.25, 0.3) is 5.91 Å². The molecule has 4 rings (SSSR count). The zero-order valence-corrected chi connectivity index (χ0v) is 15.9. The number of benzene rings is 3. The molecule has 0 fully saturated rings. The summed E-state index contributed by atoms with van der Waals surface area (Å²) >= 11 is 0. The van der Waals surface area contributed by atoms with E-state index in [1.54, 1.807) is 18.4 Å². The van der Waals surface area contributed by atoms with Gasteiger partial charge in [-0.25, -0.2) is 0 Å². The number of hydrogen-bond acceptors (Lipinski definition) is 3. The first-order chi connectivity index (χ1) is 14.3. The highest BCUT2D eigenvalue weighted by Gasteiger charge is 2.12. The van der Waals surface area contributed by atoms with Crippen LogP contribution in [0.2, 0.25) is 0 Å². The molecular weight excluding hydrogens is 362 g/mol. The van der Waals surface area contributed by atoms with E-state index in [9.17, 15) is 4.79 Å². The third-order valence-corrected chi connectivity index (χ3v) is 4.54. The molecule has 0 saturated heterocycles. The normalized spacial score (nSPS) is 11.4. The first-order valence-electron chi connectivity index (χ1n) is 9.50. The molecule has 0 spiro atoms. The van der Waals surface area contributed by atoms with E-state index in [0.29, 0.717) is 24.5 Å².